The average Bonchev–Trinajstić information content (AvgIpc) is 3.28. The molecule has 3 aromatic rings. The van der Waals surface area contributed by atoms with Crippen LogP contribution in [0.5, 0.6) is 0 Å². The Labute approximate surface area is 203 Å². The predicted molar refractivity (Wildman–Crippen MR) is 129 cm³/mol. The molecule has 1 aliphatic heterocycles. The zero-order valence-electron chi connectivity index (χ0n) is 19.8. The molecule has 0 unspecified atom stereocenters. The molecule has 2 aliphatic rings. The van der Waals surface area contributed by atoms with Crippen LogP contribution in [-0.2, 0) is 27.4 Å². The molecule has 0 spiro atoms. The lowest BCUT2D eigenvalue weighted by Gasteiger charge is -2.38. The smallest absolute Gasteiger partial charge is 0.330 e. The molecule has 184 valence electrons. The number of benzene rings is 2. The van der Waals surface area contributed by atoms with Gasteiger partial charge in [-0.2, -0.15) is 0 Å². The first-order chi connectivity index (χ1) is 16.9. The largest absolute Gasteiger partial charge is 0.390 e. The zero-order valence-corrected chi connectivity index (χ0v) is 19.8. The summed E-state index contributed by atoms with van der Waals surface area (Å²) in [6.07, 6.45) is -0.566. The topological polar surface area (TPSA) is 103 Å². The molecule has 2 N–H and O–H groups in total. The summed E-state index contributed by atoms with van der Waals surface area (Å²) in [5, 5.41) is 11.3. The minimum Gasteiger partial charge on any atom is -0.390 e. The average molecular weight is 479 g/mol. The van der Waals surface area contributed by atoms with Crippen LogP contribution in [-0.4, -0.2) is 39.1 Å². The third-order valence-electron chi connectivity index (χ3n) is 7.24. The molecular formula is C27H30N2O6. The van der Waals surface area contributed by atoms with Crippen molar-refractivity contribution in [2.75, 3.05) is 6.61 Å². The van der Waals surface area contributed by atoms with Gasteiger partial charge in [0.25, 0.3) is 5.56 Å². The second-order valence-corrected chi connectivity index (χ2v) is 9.52. The van der Waals surface area contributed by atoms with E-state index in [-0.39, 0.29) is 18.4 Å². The summed E-state index contributed by atoms with van der Waals surface area (Å²) in [4.78, 5) is 27.0. The Bertz CT molecular complexity index is 1270. The van der Waals surface area contributed by atoms with Gasteiger partial charge in [-0.3, -0.25) is 14.3 Å². The number of aliphatic hydroxyl groups excluding tert-OH is 1. The standard InChI is InChI=1S/C27H30N2O6/c1-17-13-29(26(32)28-24(17)31)25-21-18(2)22(30)27(35-25,16-33-14-19-9-5-3-6-10-19)23(21)34-15-20-11-7-4-8-12-20/h3-13,18,21-23,25,30H,14-16H2,1-2H3,(H,28,31,32)/t18-,21+,22-,23-,25+,27-/m0/s1. The van der Waals surface area contributed by atoms with E-state index in [1.54, 1.807) is 6.92 Å². The van der Waals surface area contributed by atoms with Crippen LogP contribution in [0.1, 0.15) is 29.8 Å². The summed E-state index contributed by atoms with van der Waals surface area (Å²) in [6.45, 7) is 4.36. The van der Waals surface area contributed by atoms with Crippen LogP contribution in [0.3, 0.4) is 0 Å². The maximum absolute atomic E-state index is 12.7. The van der Waals surface area contributed by atoms with Crippen LogP contribution in [0.2, 0.25) is 0 Å². The monoisotopic (exact) mass is 478 g/mol. The van der Waals surface area contributed by atoms with Crippen molar-refractivity contribution >= 4 is 0 Å². The Morgan fingerprint density at radius 3 is 2.31 bits per heavy atom. The molecular weight excluding hydrogens is 448 g/mol. The van der Waals surface area contributed by atoms with Crippen molar-refractivity contribution in [2.24, 2.45) is 11.8 Å². The van der Waals surface area contributed by atoms with Gasteiger partial charge < -0.3 is 19.3 Å². The van der Waals surface area contributed by atoms with Gasteiger partial charge in [-0.05, 0) is 24.0 Å². The van der Waals surface area contributed by atoms with E-state index in [0.717, 1.165) is 11.1 Å². The normalized spacial score (nSPS) is 29.5. The highest BCUT2D eigenvalue weighted by Crippen LogP contribution is 2.57. The number of aromatic nitrogens is 2. The molecule has 8 nitrogen and oxygen atoms in total. The molecule has 0 radical (unpaired) electrons. The third kappa shape index (κ3) is 4.27. The molecule has 8 heteroatoms. The summed E-state index contributed by atoms with van der Waals surface area (Å²) < 4.78 is 20.4. The van der Waals surface area contributed by atoms with Gasteiger partial charge in [-0.1, -0.05) is 67.6 Å². The van der Waals surface area contributed by atoms with Gasteiger partial charge >= 0.3 is 5.69 Å². The summed E-state index contributed by atoms with van der Waals surface area (Å²) in [5.74, 6) is -0.550. The van der Waals surface area contributed by atoms with Crippen molar-refractivity contribution in [3.05, 3.63) is 104 Å². The number of H-pyrrole nitrogens is 1. The molecule has 1 aromatic heterocycles. The lowest BCUT2D eigenvalue weighted by atomic mass is 9.92. The Balaban J connectivity index is 1.47. The van der Waals surface area contributed by atoms with Crippen LogP contribution >= 0.6 is 0 Å². The molecule has 1 saturated heterocycles. The second-order valence-electron chi connectivity index (χ2n) is 9.52. The molecule has 5 rings (SSSR count). The summed E-state index contributed by atoms with van der Waals surface area (Å²) in [6, 6.07) is 19.6. The first kappa shape index (κ1) is 23.7. The number of hydrogen-bond acceptors (Lipinski definition) is 6. The molecule has 0 amide bonds. The number of aliphatic hydroxyl groups is 1. The van der Waals surface area contributed by atoms with E-state index < -0.39 is 35.3 Å². The van der Waals surface area contributed by atoms with E-state index in [2.05, 4.69) is 4.98 Å². The molecule has 1 saturated carbocycles. The summed E-state index contributed by atoms with van der Waals surface area (Å²) in [7, 11) is 0. The van der Waals surface area contributed by atoms with Crippen LogP contribution in [0, 0.1) is 18.8 Å². The van der Waals surface area contributed by atoms with E-state index in [0.29, 0.717) is 18.8 Å². The second kappa shape index (κ2) is 9.54. The molecule has 6 atom stereocenters. The number of nitrogens with zero attached hydrogens (tertiary/aromatic N) is 1. The van der Waals surface area contributed by atoms with Gasteiger partial charge in [0.05, 0.1) is 32.0 Å². The SMILES string of the molecule is Cc1cn([C@@H]2O[C@@]3(COCc4ccccc4)[C@@H](O)[C@@H](C)[C@@H]2[C@@H]3OCc2ccccc2)c(=O)[nH]c1=O. The fourth-order valence-corrected chi connectivity index (χ4v) is 5.41. The maximum Gasteiger partial charge on any atom is 0.330 e. The van der Waals surface area contributed by atoms with E-state index in [9.17, 15) is 14.7 Å². The van der Waals surface area contributed by atoms with Gasteiger partial charge in [0.15, 0.2) is 0 Å². The highest BCUT2D eigenvalue weighted by atomic mass is 16.6. The van der Waals surface area contributed by atoms with Crippen LogP contribution in [0.4, 0.5) is 0 Å². The zero-order chi connectivity index (χ0) is 24.6. The van der Waals surface area contributed by atoms with Crippen LogP contribution in [0.25, 0.3) is 0 Å². The number of aryl methyl sites for hydroxylation is 1. The van der Waals surface area contributed by atoms with Crippen molar-refractivity contribution in [3.8, 4) is 0 Å². The molecule has 2 aromatic carbocycles. The van der Waals surface area contributed by atoms with E-state index in [1.807, 2.05) is 67.6 Å². The van der Waals surface area contributed by atoms with Crippen LogP contribution < -0.4 is 11.2 Å². The highest BCUT2D eigenvalue weighted by Gasteiger charge is 2.69. The minimum atomic E-state index is -1.16. The molecule has 2 fully saturated rings. The Kier molecular flexibility index (Phi) is 6.46. The third-order valence-corrected chi connectivity index (χ3v) is 7.24. The first-order valence-corrected chi connectivity index (χ1v) is 11.9. The number of fused-ring (bicyclic) bond motifs is 2. The molecule has 2 bridgehead atoms. The predicted octanol–water partition coefficient (Wildman–Crippen LogP) is 2.54. The summed E-state index contributed by atoms with van der Waals surface area (Å²) in [5.41, 5.74) is 0.254. The Morgan fingerprint density at radius 2 is 1.66 bits per heavy atom. The van der Waals surface area contributed by atoms with Crippen molar-refractivity contribution in [3.63, 3.8) is 0 Å². The lowest BCUT2D eigenvalue weighted by molar-refractivity contribution is -0.217. The first-order valence-electron chi connectivity index (χ1n) is 11.9. The van der Waals surface area contributed by atoms with E-state index in [4.69, 9.17) is 14.2 Å². The number of aromatic amines is 1. The fourth-order valence-electron chi connectivity index (χ4n) is 5.41. The Hall–Kier alpha value is -3.04. The van der Waals surface area contributed by atoms with Gasteiger partial charge in [0.2, 0.25) is 0 Å². The minimum absolute atomic E-state index is 0.0942. The number of ether oxygens (including phenoxy) is 3. The van der Waals surface area contributed by atoms with Gasteiger partial charge in [-0.15, -0.1) is 0 Å². The fraction of sp³-hybridized carbons (Fsp3) is 0.407. The number of rotatable bonds is 8. The number of hydrogen-bond donors (Lipinski definition) is 2. The molecule has 35 heavy (non-hydrogen) atoms. The lowest BCUT2D eigenvalue weighted by Crippen LogP contribution is -2.53. The van der Waals surface area contributed by atoms with Gasteiger partial charge in [-0.25, -0.2) is 4.79 Å². The van der Waals surface area contributed by atoms with Crippen molar-refractivity contribution in [1.29, 1.82) is 0 Å². The highest BCUT2D eigenvalue weighted by molar-refractivity contribution is 5.19. The van der Waals surface area contributed by atoms with Crippen molar-refractivity contribution < 1.29 is 19.3 Å². The van der Waals surface area contributed by atoms with Crippen LogP contribution in [0.15, 0.2) is 76.4 Å². The van der Waals surface area contributed by atoms with Crippen molar-refractivity contribution in [2.45, 2.75) is 51.1 Å². The number of nitrogens with one attached hydrogen (secondary N) is 1. The maximum atomic E-state index is 12.7. The van der Waals surface area contributed by atoms with Crippen molar-refractivity contribution in [1.82, 2.24) is 9.55 Å². The van der Waals surface area contributed by atoms with Gasteiger partial charge in [0, 0.05) is 17.7 Å². The quantitative estimate of drug-likeness (QED) is 0.516. The summed E-state index contributed by atoms with van der Waals surface area (Å²) >= 11 is 0. The van der Waals surface area contributed by atoms with E-state index in [1.165, 1.54) is 10.8 Å². The van der Waals surface area contributed by atoms with Gasteiger partial charge in [0.1, 0.15) is 11.8 Å². The molecule has 1 aliphatic carbocycles. The Morgan fingerprint density at radius 1 is 1.03 bits per heavy atom. The molecule has 2 heterocycles. The van der Waals surface area contributed by atoms with E-state index >= 15 is 0 Å².